The van der Waals surface area contributed by atoms with Crippen molar-refractivity contribution in [3.63, 3.8) is 0 Å². The van der Waals surface area contributed by atoms with Crippen LogP contribution in [-0.4, -0.2) is 12.0 Å². The second-order valence-corrected chi connectivity index (χ2v) is 5.44. The summed E-state index contributed by atoms with van der Waals surface area (Å²) >= 11 is 9.75. The second kappa shape index (κ2) is 5.83. The lowest BCUT2D eigenvalue weighted by Crippen LogP contribution is -2.18. The third-order valence-electron chi connectivity index (χ3n) is 2.83. The maximum atomic E-state index is 6.27. The van der Waals surface area contributed by atoms with Crippen LogP contribution in [0.4, 0.5) is 0 Å². The van der Waals surface area contributed by atoms with E-state index < -0.39 is 0 Å². The van der Waals surface area contributed by atoms with Crippen molar-refractivity contribution < 1.29 is 0 Å². The van der Waals surface area contributed by atoms with E-state index in [1.54, 1.807) is 0 Å². The molecule has 0 bridgehead atoms. The first-order chi connectivity index (χ1) is 8.61. The number of nitrogens with one attached hydrogen (secondary N) is 1. The molecule has 18 heavy (non-hydrogen) atoms. The molecule has 1 atom stereocenters. The van der Waals surface area contributed by atoms with Gasteiger partial charge < -0.3 is 5.32 Å². The van der Waals surface area contributed by atoms with Crippen molar-refractivity contribution in [3.05, 3.63) is 62.8 Å². The van der Waals surface area contributed by atoms with E-state index in [1.165, 1.54) is 0 Å². The van der Waals surface area contributed by atoms with E-state index in [4.69, 9.17) is 11.6 Å². The van der Waals surface area contributed by atoms with Crippen LogP contribution in [-0.2, 0) is 0 Å². The summed E-state index contributed by atoms with van der Waals surface area (Å²) in [5, 5.41) is 4.03. The highest BCUT2D eigenvalue weighted by Crippen LogP contribution is 2.30. The third-order valence-corrected chi connectivity index (χ3v) is 3.66. The van der Waals surface area contributed by atoms with Crippen molar-refractivity contribution in [3.8, 4) is 0 Å². The molecule has 0 saturated carbocycles. The molecule has 0 saturated heterocycles. The van der Waals surface area contributed by atoms with E-state index in [-0.39, 0.29) is 6.04 Å². The van der Waals surface area contributed by atoms with Gasteiger partial charge in [0.1, 0.15) is 0 Å². The highest BCUT2D eigenvalue weighted by atomic mass is 79.9. The van der Waals surface area contributed by atoms with Gasteiger partial charge in [-0.25, -0.2) is 0 Å². The minimum Gasteiger partial charge on any atom is -0.309 e. The molecule has 94 valence electrons. The summed E-state index contributed by atoms with van der Waals surface area (Å²) in [5.41, 5.74) is 3.15. The van der Waals surface area contributed by atoms with E-state index in [0.29, 0.717) is 0 Å². The number of hydrogen-bond acceptors (Lipinski definition) is 2. The van der Waals surface area contributed by atoms with Gasteiger partial charge in [0.15, 0.2) is 0 Å². The Bertz CT molecular complexity index is 540. The quantitative estimate of drug-likeness (QED) is 0.918. The molecule has 0 fully saturated rings. The molecule has 2 nitrogen and oxygen atoms in total. The zero-order chi connectivity index (χ0) is 13.1. The molecule has 2 aromatic rings. The lowest BCUT2D eigenvalue weighted by molar-refractivity contribution is 0.688. The van der Waals surface area contributed by atoms with Crippen molar-refractivity contribution in [2.45, 2.75) is 13.0 Å². The van der Waals surface area contributed by atoms with E-state index >= 15 is 0 Å². The topological polar surface area (TPSA) is 24.9 Å². The molecule has 0 aliphatic heterocycles. The van der Waals surface area contributed by atoms with Crippen LogP contribution in [0.2, 0.25) is 5.02 Å². The lowest BCUT2D eigenvalue weighted by Gasteiger charge is -2.18. The molecular formula is C14H14BrClN2. The summed E-state index contributed by atoms with van der Waals surface area (Å²) in [5.74, 6) is 0. The van der Waals surface area contributed by atoms with E-state index in [2.05, 4.69) is 32.3 Å². The number of hydrogen-bond donors (Lipinski definition) is 1. The van der Waals surface area contributed by atoms with Gasteiger partial charge in [0, 0.05) is 21.4 Å². The fourth-order valence-corrected chi connectivity index (χ4v) is 2.49. The lowest BCUT2D eigenvalue weighted by atomic mass is 10.00. The highest BCUT2D eigenvalue weighted by molar-refractivity contribution is 9.10. The van der Waals surface area contributed by atoms with Gasteiger partial charge in [-0.05, 0) is 49.4 Å². The van der Waals surface area contributed by atoms with Crippen LogP contribution in [0, 0.1) is 6.92 Å². The molecule has 0 aliphatic rings. The molecule has 2 rings (SSSR count). The number of benzene rings is 1. The summed E-state index contributed by atoms with van der Waals surface area (Å²) in [6, 6.07) is 9.98. The van der Waals surface area contributed by atoms with Crippen molar-refractivity contribution in [1.82, 2.24) is 10.3 Å². The Morgan fingerprint density at radius 3 is 2.67 bits per heavy atom. The molecule has 1 aromatic carbocycles. The van der Waals surface area contributed by atoms with Crippen molar-refractivity contribution >= 4 is 27.5 Å². The van der Waals surface area contributed by atoms with Gasteiger partial charge >= 0.3 is 0 Å². The van der Waals surface area contributed by atoms with Gasteiger partial charge in [-0.1, -0.05) is 33.6 Å². The van der Waals surface area contributed by atoms with Crippen molar-refractivity contribution in [1.29, 1.82) is 0 Å². The second-order valence-electron chi connectivity index (χ2n) is 4.12. The van der Waals surface area contributed by atoms with E-state index in [0.717, 1.165) is 26.3 Å². The maximum absolute atomic E-state index is 6.27. The van der Waals surface area contributed by atoms with Gasteiger partial charge in [-0.15, -0.1) is 0 Å². The monoisotopic (exact) mass is 324 g/mol. The number of halogens is 2. The first kappa shape index (κ1) is 13.5. The minimum absolute atomic E-state index is 0.0445. The van der Waals surface area contributed by atoms with Crippen molar-refractivity contribution in [2.24, 2.45) is 0 Å². The van der Waals surface area contributed by atoms with Gasteiger partial charge in [0.2, 0.25) is 0 Å². The zero-order valence-corrected chi connectivity index (χ0v) is 12.6. The van der Waals surface area contributed by atoms with Crippen LogP contribution < -0.4 is 5.32 Å². The standard InChI is InChI=1S/C14H14BrClN2/c1-9-3-4-10(8-18-9)14(17-2)12-7-11(15)5-6-13(12)16/h3-8,14,17H,1-2H3. The molecule has 0 spiro atoms. The van der Waals surface area contributed by atoms with E-state index in [9.17, 15) is 0 Å². The van der Waals surface area contributed by atoms with Gasteiger partial charge in [0.25, 0.3) is 0 Å². The van der Waals surface area contributed by atoms with Crippen LogP contribution in [0.1, 0.15) is 22.9 Å². The van der Waals surface area contributed by atoms with Crippen LogP contribution in [0.5, 0.6) is 0 Å². The Morgan fingerprint density at radius 1 is 1.28 bits per heavy atom. The molecular weight excluding hydrogens is 312 g/mol. The van der Waals surface area contributed by atoms with Gasteiger partial charge in [-0.2, -0.15) is 0 Å². The molecule has 4 heteroatoms. The summed E-state index contributed by atoms with van der Waals surface area (Å²) in [6.45, 7) is 1.98. The Kier molecular flexibility index (Phi) is 4.38. The van der Waals surface area contributed by atoms with Gasteiger partial charge in [-0.3, -0.25) is 4.98 Å². The maximum Gasteiger partial charge on any atom is 0.0604 e. The number of aromatic nitrogens is 1. The molecule has 0 aliphatic carbocycles. The smallest absolute Gasteiger partial charge is 0.0604 e. The SMILES string of the molecule is CNC(c1ccc(C)nc1)c1cc(Br)ccc1Cl. The predicted molar refractivity (Wildman–Crippen MR) is 79.0 cm³/mol. The van der Waals surface area contributed by atoms with Crippen LogP contribution in [0.3, 0.4) is 0 Å². The molecule has 1 heterocycles. The molecule has 1 N–H and O–H groups in total. The minimum atomic E-state index is 0.0445. The molecule has 0 amide bonds. The van der Waals surface area contributed by atoms with E-state index in [1.807, 2.05) is 44.4 Å². The Hall–Kier alpha value is -0.900. The first-order valence-corrected chi connectivity index (χ1v) is 6.83. The first-order valence-electron chi connectivity index (χ1n) is 5.66. The predicted octanol–water partition coefficient (Wildman–Crippen LogP) is 4.11. The fourth-order valence-electron chi connectivity index (χ4n) is 1.89. The normalized spacial score (nSPS) is 12.4. The third kappa shape index (κ3) is 2.91. The van der Waals surface area contributed by atoms with Crippen LogP contribution in [0.15, 0.2) is 41.0 Å². The summed E-state index contributed by atoms with van der Waals surface area (Å²) < 4.78 is 1.02. The fraction of sp³-hybridized carbons (Fsp3) is 0.214. The van der Waals surface area contributed by atoms with Gasteiger partial charge in [0.05, 0.1) is 6.04 Å². The Morgan fingerprint density at radius 2 is 2.06 bits per heavy atom. The summed E-state index contributed by atoms with van der Waals surface area (Å²) in [4.78, 5) is 4.33. The van der Waals surface area contributed by atoms with Crippen LogP contribution >= 0.6 is 27.5 Å². The molecule has 0 radical (unpaired) electrons. The Labute approximate surface area is 121 Å². The molecule has 1 unspecified atom stereocenters. The average molecular weight is 326 g/mol. The number of nitrogens with zero attached hydrogens (tertiary/aromatic N) is 1. The zero-order valence-electron chi connectivity index (χ0n) is 10.2. The average Bonchev–Trinajstić information content (AvgIpc) is 2.37. The highest BCUT2D eigenvalue weighted by Gasteiger charge is 2.15. The Balaban J connectivity index is 2.44. The molecule has 1 aromatic heterocycles. The largest absolute Gasteiger partial charge is 0.309 e. The number of rotatable bonds is 3. The summed E-state index contributed by atoms with van der Waals surface area (Å²) in [6.07, 6.45) is 1.88. The van der Waals surface area contributed by atoms with Crippen molar-refractivity contribution in [2.75, 3.05) is 7.05 Å². The van der Waals surface area contributed by atoms with Crippen LogP contribution in [0.25, 0.3) is 0 Å². The number of aryl methyl sites for hydroxylation is 1. The number of pyridine rings is 1. The summed E-state index contributed by atoms with van der Waals surface area (Å²) in [7, 11) is 1.92.